The van der Waals surface area contributed by atoms with Gasteiger partial charge in [-0.2, -0.15) is 0 Å². The van der Waals surface area contributed by atoms with Crippen molar-refractivity contribution >= 4 is 11.9 Å². The SMILES string of the molecule is CCCCCCCCc1c(C(=O)O)ccc(C(=O)O)c1CCCC. The van der Waals surface area contributed by atoms with Crippen LogP contribution in [-0.2, 0) is 12.8 Å². The zero-order valence-corrected chi connectivity index (χ0v) is 14.9. The molecule has 0 saturated heterocycles. The van der Waals surface area contributed by atoms with E-state index in [2.05, 4.69) is 13.8 Å². The van der Waals surface area contributed by atoms with Crippen LogP contribution >= 0.6 is 0 Å². The number of hydrogen-bond donors (Lipinski definition) is 2. The first kappa shape index (κ1) is 20.2. The maximum Gasteiger partial charge on any atom is 0.335 e. The number of carbonyl (C=O) groups is 2. The van der Waals surface area contributed by atoms with Crippen LogP contribution in [0.3, 0.4) is 0 Å². The van der Waals surface area contributed by atoms with E-state index < -0.39 is 11.9 Å². The van der Waals surface area contributed by atoms with E-state index in [0.717, 1.165) is 43.2 Å². The normalized spacial score (nSPS) is 10.8. The van der Waals surface area contributed by atoms with Gasteiger partial charge in [0.25, 0.3) is 0 Å². The monoisotopic (exact) mass is 334 g/mol. The number of carboxylic acids is 2. The molecule has 1 aromatic rings. The van der Waals surface area contributed by atoms with Crippen LogP contribution in [0.4, 0.5) is 0 Å². The number of rotatable bonds is 12. The largest absolute Gasteiger partial charge is 0.478 e. The lowest BCUT2D eigenvalue weighted by Crippen LogP contribution is -2.12. The lowest BCUT2D eigenvalue weighted by molar-refractivity contribution is 0.0679. The first-order valence-electron chi connectivity index (χ1n) is 9.14. The summed E-state index contributed by atoms with van der Waals surface area (Å²) in [5.74, 6) is -1.94. The molecule has 0 atom stereocenters. The lowest BCUT2D eigenvalue weighted by atomic mass is 9.89. The van der Waals surface area contributed by atoms with Crippen molar-refractivity contribution in [1.82, 2.24) is 0 Å². The van der Waals surface area contributed by atoms with E-state index in [-0.39, 0.29) is 11.1 Å². The Balaban J connectivity index is 2.99. The maximum absolute atomic E-state index is 11.6. The molecule has 1 aromatic carbocycles. The Morgan fingerprint density at radius 2 is 1.12 bits per heavy atom. The molecule has 0 radical (unpaired) electrons. The van der Waals surface area contributed by atoms with Crippen molar-refractivity contribution in [2.75, 3.05) is 0 Å². The molecule has 0 aliphatic heterocycles. The number of carboxylic acid groups (broad SMARTS) is 2. The van der Waals surface area contributed by atoms with Gasteiger partial charge in [0.2, 0.25) is 0 Å². The van der Waals surface area contributed by atoms with E-state index in [0.29, 0.717) is 12.8 Å². The third-order valence-electron chi connectivity index (χ3n) is 4.45. The number of hydrogen-bond acceptors (Lipinski definition) is 2. The van der Waals surface area contributed by atoms with E-state index >= 15 is 0 Å². The van der Waals surface area contributed by atoms with Crippen molar-refractivity contribution in [3.8, 4) is 0 Å². The van der Waals surface area contributed by atoms with Crippen LogP contribution in [0.1, 0.15) is 97.1 Å². The van der Waals surface area contributed by atoms with Crippen molar-refractivity contribution in [2.24, 2.45) is 0 Å². The molecule has 24 heavy (non-hydrogen) atoms. The van der Waals surface area contributed by atoms with E-state index in [4.69, 9.17) is 0 Å². The molecule has 0 aliphatic rings. The van der Waals surface area contributed by atoms with Gasteiger partial charge in [-0.25, -0.2) is 9.59 Å². The summed E-state index contributed by atoms with van der Waals surface area (Å²) in [7, 11) is 0. The Kier molecular flexibility index (Phi) is 9.13. The zero-order chi connectivity index (χ0) is 17.9. The van der Waals surface area contributed by atoms with Gasteiger partial charge in [-0.1, -0.05) is 52.4 Å². The molecule has 0 unspecified atom stereocenters. The summed E-state index contributed by atoms with van der Waals surface area (Å²) in [5.41, 5.74) is 1.97. The molecule has 0 bridgehead atoms. The fourth-order valence-electron chi connectivity index (χ4n) is 3.10. The highest BCUT2D eigenvalue weighted by atomic mass is 16.4. The summed E-state index contributed by atoms with van der Waals surface area (Å²) >= 11 is 0. The van der Waals surface area contributed by atoms with Crippen molar-refractivity contribution in [3.05, 3.63) is 34.4 Å². The van der Waals surface area contributed by atoms with Crippen molar-refractivity contribution in [2.45, 2.75) is 78.1 Å². The predicted octanol–water partition coefficient (Wildman–Crippen LogP) is 5.33. The molecule has 1 rings (SSSR count). The van der Waals surface area contributed by atoms with Gasteiger partial charge in [0.1, 0.15) is 0 Å². The van der Waals surface area contributed by atoms with E-state index in [1.165, 1.54) is 31.4 Å². The van der Waals surface area contributed by atoms with Gasteiger partial charge in [-0.3, -0.25) is 0 Å². The second-order valence-corrected chi connectivity index (χ2v) is 6.35. The van der Waals surface area contributed by atoms with E-state index in [1.54, 1.807) is 0 Å². The number of aromatic carboxylic acids is 2. The highest BCUT2D eigenvalue weighted by molar-refractivity contribution is 5.95. The summed E-state index contributed by atoms with van der Waals surface area (Å²) in [5, 5.41) is 18.9. The molecule has 134 valence electrons. The maximum atomic E-state index is 11.6. The number of benzene rings is 1. The van der Waals surface area contributed by atoms with Crippen LogP contribution in [0.5, 0.6) is 0 Å². The predicted molar refractivity (Wildman–Crippen MR) is 96.1 cm³/mol. The van der Waals surface area contributed by atoms with Crippen LogP contribution in [0, 0.1) is 0 Å². The molecule has 4 nitrogen and oxygen atoms in total. The second kappa shape index (κ2) is 10.8. The fraction of sp³-hybridized carbons (Fsp3) is 0.600. The smallest absolute Gasteiger partial charge is 0.335 e. The summed E-state index contributed by atoms with van der Waals surface area (Å²) in [6.07, 6.45) is 9.86. The second-order valence-electron chi connectivity index (χ2n) is 6.35. The third-order valence-corrected chi connectivity index (χ3v) is 4.45. The van der Waals surface area contributed by atoms with E-state index in [1.807, 2.05) is 0 Å². The van der Waals surface area contributed by atoms with Crippen LogP contribution in [0.15, 0.2) is 12.1 Å². The Morgan fingerprint density at radius 3 is 1.58 bits per heavy atom. The highest BCUT2D eigenvalue weighted by Gasteiger charge is 2.20. The van der Waals surface area contributed by atoms with Crippen LogP contribution in [-0.4, -0.2) is 22.2 Å². The minimum absolute atomic E-state index is 0.259. The molecule has 2 N–H and O–H groups in total. The minimum atomic E-state index is -0.970. The molecule has 0 fully saturated rings. The molecule has 0 heterocycles. The summed E-state index contributed by atoms with van der Waals surface area (Å²) in [6, 6.07) is 2.90. The topological polar surface area (TPSA) is 74.6 Å². The van der Waals surface area contributed by atoms with Gasteiger partial charge >= 0.3 is 11.9 Å². The molecule has 0 amide bonds. The summed E-state index contributed by atoms with van der Waals surface area (Å²) in [4.78, 5) is 23.1. The standard InChI is InChI=1S/C20H30O4/c1-3-5-7-8-9-10-12-16-15(11-6-4-2)17(19(21)22)13-14-18(16)20(23)24/h13-14H,3-12H2,1-2H3,(H,21,22)(H,23,24). The lowest BCUT2D eigenvalue weighted by Gasteiger charge is -2.15. The quantitative estimate of drug-likeness (QED) is 0.507. The van der Waals surface area contributed by atoms with Gasteiger partial charge in [0.15, 0.2) is 0 Å². The van der Waals surface area contributed by atoms with E-state index in [9.17, 15) is 19.8 Å². The van der Waals surface area contributed by atoms with Gasteiger partial charge in [-0.05, 0) is 48.9 Å². The molecular weight excluding hydrogens is 304 g/mol. The summed E-state index contributed by atoms with van der Waals surface area (Å²) < 4.78 is 0. The van der Waals surface area contributed by atoms with Gasteiger partial charge < -0.3 is 10.2 Å². The Bertz CT molecular complexity index is 549. The molecular formula is C20H30O4. The van der Waals surface area contributed by atoms with Crippen molar-refractivity contribution in [1.29, 1.82) is 0 Å². The fourth-order valence-corrected chi connectivity index (χ4v) is 3.10. The average Bonchev–Trinajstić information content (AvgIpc) is 2.55. The molecule has 0 aliphatic carbocycles. The molecule has 0 spiro atoms. The molecule has 0 aromatic heterocycles. The Hall–Kier alpha value is -1.84. The van der Waals surface area contributed by atoms with Gasteiger partial charge in [0, 0.05) is 0 Å². The van der Waals surface area contributed by atoms with Crippen molar-refractivity contribution in [3.63, 3.8) is 0 Å². The third kappa shape index (κ3) is 5.99. The highest BCUT2D eigenvalue weighted by Crippen LogP contribution is 2.25. The van der Waals surface area contributed by atoms with Gasteiger partial charge in [-0.15, -0.1) is 0 Å². The Morgan fingerprint density at radius 1 is 0.708 bits per heavy atom. The van der Waals surface area contributed by atoms with Gasteiger partial charge in [0.05, 0.1) is 11.1 Å². The van der Waals surface area contributed by atoms with Crippen LogP contribution in [0.25, 0.3) is 0 Å². The average molecular weight is 334 g/mol. The molecule has 4 heteroatoms. The van der Waals surface area contributed by atoms with Crippen LogP contribution in [0.2, 0.25) is 0 Å². The summed E-state index contributed by atoms with van der Waals surface area (Å²) in [6.45, 7) is 4.23. The first-order valence-corrected chi connectivity index (χ1v) is 9.14. The van der Waals surface area contributed by atoms with Crippen molar-refractivity contribution < 1.29 is 19.8 Å². The Labute approximate surface area is 144 Å². The van der Waals surface area contributed by atoms with Crippen LogP contribution < -0.4 is 0 Å². The zero-order valence-electron chi connectivity index (χ0n) is 14.9. The minimum Gasteiger partial charge on any atom is -0.478 e. The first-order chi connectivity index (χ1) is 11.5. The number of unbranched alkanes of at least 4 members (excludes halogenated alkanes) is 6. The molecule has 0 saturated carbocycles.